The van der Waals surface area contributed by atoms with Crippen molar-refractivity contribution in [3.8, 4) is 0 Å². The van der Waals surface area contributed by atoms with Crippen LogP contribution in [0.4, 0.5) is 0 Å². The molecule has 1 N–H and O–H groups in total. The minimum atomic E-state index is -3.50. The topological polar surface area (TPSA) is 57.6 Å². The molecule has 4 nitrogen and oxygen atoms in total. The average Bonchev–Trinajstić information content (AvgIpc) is 2.26. The van der Waals surface area contributed by atoms with Gasteiger partial charge in [0, 0.05) is 17.6 Å². The molecule has 1 heterocycles. The van der Waals surface area contributed by atoms with Gasteiger partial charge in [-0.1, -0.05) is 25.5 Å². The van der Waals surface area contributed by atoms with E-state index >= 15 is 0 Å². The molecule has 2 rings (SSSR count). The predicted octanol–water partition coefficient (Wildman–Crippen LogP) is 1.98. The molecule has 0 aromatic heterocycles. The zero-order valence-electron chi connectivity index (χ0n) is 10.1. The third-order valence-electron chi connectivity index (χ3n) is 3.11. The van der Waals surface area contributed by atoms with Gasteiger partial charge >= 0.3 is 0 Å². The van der Waals surface area contributed by atoms with Crippen LogP contribution >= 0.6 is 15.9 Å². The van der Waals surface area contributed by atoms with Crippen molar-refractivity contribution in [2.75, 3.05) is 13.1 Å². The van der Waals surface area contributed by atoms with Crippen LogP contribution in [0.3, 0.4) is 0 Å². The molecule has 0 unspecified atom stereocenters. The van der Waals surface area contributed by atoms with Crippen molar-refractivity contribution < 1.29 is 13.5 Å². The third-order valence-corrected chi connectivity index (χ3v) is 5.91. The first-order valence-electron chi connectivity index (χ1n) is 5.86. The quantitative estimate of drug-likeness (QED) is 0.916. The molecule has 1 fully saturated rings. The lowest BCUT2D eigenvalue weighted by Gasteiger charge is -2.45. The van der Waals surface area contributed by atoms with E-state index in [-0.39, 0.29) is 18.0 Å². The predicted molar refractivity (Wildman–Crippen MR) is 72.8 cm³/mol. The number of sulfonamides is 1. The van der Waals surface area contributed by atoms with E-state index in [9.17, 15) is 13.5 Å². The largest absolute Gasteiger partial charge is 0.387 e. The van der Waals surface area contributed by atoms with E-state index in [0.717, 1.165) is 6.42 Å². The smallest absolute Gasteiger partial charge is 0.244 e. The van der Waals surface area contributed by atoms with Crippen molar-refractivity contribution in [1.29, 1.82) is 0 Å². The van der Waals surface area contributed by atoms with Gasteiger partial charge in [0.2, 0.25) is 10.0 Å². The van der Waals surface area contributed by atoms with E-state index in [1.807, 2.05) is 6.92 Å². The lowest BCUT2D eigenvalue weighted by Crippen LogP contribution is -2.63. The highest BCUT2D eigenvalue weighted by Gasteiger charge is 2.46. The Morgan fingerprint density at radius 3 is 2.56 bits per heavy atom. The van der Waals surface area contributed by atoms with Gasteiger partial charge in [0.25, 0.3) is 0 Å². The number of halogens is 1. The standard InChI is InChI=1S/C12H16BrNO3S/c1-2-7-12(15)8-14(9-12)18(16,17)11-6-4-3-5-10(11)13/h3-6,15H,2,7-9H2,1H3. The van der Waals surface area contributed by atoms with Crippen molar-refractivity contribution in [3.05, 3.63) is 28.7 Å². The molecular weight excluding hydrogens is 318 g/mol. The minimum absolute atomic E-state index is 0.185. The Bertz CT molecular complexity index is 538. The molecule has 0 amide bonds. The second-order valence-corrected chi connectivity index (χ2v) is 7.44. The van der Waals surface area contributed by atoms with Crippen LogP contribution in [0, 0.1) is 0 Å². The molecule has 0 saturated carbocycles. The first-order valence-corrected chi connectivity index (χ1v) is 8.09. The maximum Gasteiger partial charge on any atom is 0.244 e. The Kier molecular flexibility index (Phi) is 3.82. The van der Waals surface area contributed by atoms with Crippen molar-refractivity contribution in [2.24, 2.45) is 0 Å². The summed E-state index contributed by atoms with van der Waals surface area (Å²) in [5.74, 6) is 0. The zero-order valence-corrected chi connectivity index (χ0v) is 12.5. The van der Waals surface area contributed by atoms with Crippen molar-refractivity contribution in [2.45, 2.75) is 30.3 Å². The number of nitrogens with zero attached hydrogens (tertiary/aromatic N) is 1. The second-order valence-electron chi connectivity index (χ2n) is 4.68. The maximum absolute atomic E-state index is 12.3. The Balaban J connectivity index is 2.19. The van der Waals surface area contributed by atoms with Crippen molar-refractivity contribution >= 4 is 26.0 Å². The molecule has 0 atom stereocenters. The van der Waals surface area contributed by atoms with Crippen LogP contribution in [0.5, 0.6) is 0 Å². The fourth-order valence-corrected chi connectivity index (χ4v) is 4.76. The second kappa shape index (κ2) is 4.92. The number of aliphatic hydroxyl groups is 1. The summed E-state index contributed by atoms with van der Waals surface area (Å²) >= 11 is 3.24. The fraction of sp³-hybridized carbons (Fsp3) is 0.500. The van der Waals surface area contributed by atoms with Crippen LogP contribution in [0.25, 0.3) is 0 Å². The first kappa shape index (κ1) is 14.0. The Morgan fingerprint density at radius 2 is 2.00 bits per heavy atom. The highest BCUT2D eigenvalue weighted by atomic mass is 79.9. The number of benzene rings is 1. The molecular formula is C12H16BrNO3S. The van der Waals surface area contributed by atoms with Crippen LogP contribution in [0.2, 0.25) is 0 Å². The van der Waals surface area contributed by atoms with E-state index in [1.54, 1.807) is 24.3 Å². The number of hydrogen-bond acceptors (Lipinski definition) is 3. The summed E-state index contributed by atoms with van der Waals surface area (Å²) in [4.78, 5) is 0.253. The monoisotopic (exact) mass is 333 g/mol. The van der Waals surface area contributed by atoms with Gasteiger partial charge in [0.05, 0.1) is 10.5 Å². The Morgan fingerprint density at radius 1 is 1.39 bits per heavy atom. The van der Waals surface area contributed by atoms with E-state index in [0.29, 0.717) is 10.9 Å². The van der Waals surface area contributed by atoms with Crippen LogP contribution in [-0.2, 0) is 10.0 Å². The molecule has 100 valence electrons. The summed E-state index contributed by atoms with van der Waals surface area (Å²) in [5.41, 5.74) is -0.844. The highest BCUT2D eigenvalue weighted by molar-refractivity contribution is 9.10. The van der Waals surface area contributed by atoms with E-state index in [2.05, 4.69) is 15.9 Å². The summed E-state index contributed by atoms with van der Waals surface area (Å²) in [7, 11) is -3.50. The molecule has 6 heteroatoms. The average molecular weight is 334 g/mol. The fourth-order valence-electron chi connectivity index (χ4n) is 2.20. The van der Waals surface area contributed by atoms with Crippen LogP contribution in [0.15, 0.2) is 33.6 Å². The lowest BCUT2D eigenvalue weighted by molar-refractivity contribution is -0.0653. The molecule has 18 heavy (non-hydrogen) atoms. The van der Waals surface area contributed by atoms with E-state index in [1.165, 1.54) is 4.31 Å². The summed E-state index contributed by atoms with van der Waals surface area (Å²) in [6.45, 7) is 2.35. The summed E-state index contributed by atoms with van der Waals surface area (Å²) in [6.07, 6.45) is 1.48. The van der Waals surface area contributed by atoms with Gasteiger partial charge in [0.15, 0.2) is 0 Å². The van der Waals surface area contributed by atoms with Gasteiger partial charge in [-0.3, -0.25) is 0 Å². The van der Waals surface area contributed by atoms with Gasteiger partial charge in [-0.25, -0.2) is 8.42 Å². The molecule has 0 bridgehead atoms. The highest BCUT2D eigenvalue weighted by Crippen LogP contribution is 2.33. The number of β-amino-alcohol motifs (C(OH)–C–C–N with tert-alkyl or cyclic N) is 1. The maximum atomic E-state index is 12.3. The third kappa shape index (κ3) is 2.47. The minimum Gasteiger partial charge on any atom is -0.387 e. The SMILES string of the molecule is CCCC1(O)CN(S(=O)(=O)c2ccccc2Br)C1. The van der Waals surface area contributed by atoms with Gasteiger partial charge in [-0.15, -0.1) is 0 Å². The molecule has 0 radical (unpaired) electrons. The molecule has 1 aromatic rings. The summed E-state index contributed by atoms with van der Waals surface area (Å²) in [6, 6.07) is 6.73. The zero-order chi connectivity index (χ0) is 13.4. The lowest BCUT2D eigenvalue weighted by atomic mass is 9.92. The van der Waals surface area contributed by atoms with Crippen molar-refractivity contribution in [1.82, 2.24) is 4.31 Å². The molecule has 1 aromatic carbocycles. The first-order chi connectivity index (χ1) is 8.39. The number of hydrogen-bond donors (Lipinski definition) is 1. The van der Waals surface area contributed by atoms with Crippen LogP contribution in [-0.4, -0.2) is 36.5 Å². The Labute approximate surface area is 116 Å². The summed E-state index contributed by atoms with van der Waals surface area (Å²) in [5, 5.41) is 10.0. The van der Waals surface area contributed by atoms with Crippen molar-refractivity contribution in [3.63, 3.8) is 0 Å². The molecule has 1 saturated heterocycles. The van der Waals surface area contributed by atoms with E-state index in [4.69, 9.17) is 0 Å². The molecule has 0 spiro atoms. The van der Waals surface area contributed by atoms with Gasteiger partial charge in [-0.05, 0) is 34.5 Å². The molecule has 0 aliphatic carbocycles. The summed E-state index contributed by atoms with van der Waals surface area (Å²) < 4.78 is 26.5. The Hall–Kier alpha value is -0.430. The van der Waals surface area contributed by atoms with Gasteiger partial charge in [-0.2, -0.15) is 4.31 Å². The van der Waals surface area contributed by atoms with Gasteiger partial charge in [0.1, 0.15) is 0 Å². The molecule has 1 aliphatic heterocycles. The normalized spacial score (nSPS) is 19.5. The van der Waals surface area contributed by atoms with Crippen LogP contribution in [0.1, 0.15) is 19.8 Å². The van der Waals surface area contributed by atoms with Gasteiger partial charge < -0.3 is 5.11 Å². The van der Waals surface area contributed by atoms with Crippen LogP contribution < -0.4 is 0 Å². The van der Waals surface area contributed by atoms with E-state index < -0.39 is 15.6 Å². The molecule has 1 aliphatic rings. The number of rotatable bonds is 4.